The van der Waals surface area contributed by atoms with Gasteiger partial charge in [-0.25, -0.2) is 4.79 Å². The fourth-order valence-corrected chi connectivity index (χ4v) is 1.47. The van der Waals surface area contributed by atoms with Crippen molar-refractivity contribution in [2.45, 2.75) is 20.3 Å². The van der Waals surface area contributed by atoms with Gasteiger partial charge >= 0.3 is 11.9 Å². The van der Waals surface area contributed by atoms with Crippen molar-refractivity contribution in [1.29, 1.82) is 0 Å². The minimum atomic E-state index is -1.24. The minimum absolute atomic E-state index is 0.0776. The highest BCUT2D eigenvalue weighted by atomic mass is 16.5. The van der Waals surface area contributed by atoms with Crippen LogP contribution in [-0.4, -0.2) is 36.1 Å². The molecule has 7 nitrogen and oxygen atoms in total. The molecule has 0 aliphatic carbocycles. The molecule has 110 valence electrons. The Kier molecular flexibility index (Phi) is 5.76. The maximum Gasteiger partial charge on any atom is 0.371 e. The number of carbonyl (C=O) groups excluding carboxylic acids is 2. The van der Waals surface area contributed by atoms with Crippen LogP contribution in [0.1, 0.15) is 41.4 Å². The van der Waals surface area contributed by atoms with Crippen molar-refractivity contribution in [3.8, 4) is 0 Å². The summed E-state index contributed by atoms with van der Waals surface area (Å²) in [4.78, 5) is 33.6. The van der Waals surface area contributed by atoms with E-state index < -0.39 is 11.9 Å². The molecule has 0 unspecified atom stereocenters. The third-order valence-electron chi connectivity index (χ3n) is 2.59. The van der Waals surface area contributed by atoms with Gasteiger partial charge in [-0.05, 0) is 25.5 Å². The number of hydrogen-bond donors (Lipinski definition) is 2. The van der Waals surface area contributed by atoms with Crippen LogP contribution in [0.3, 0.4) is 0 Å². The molecule has 0 saturated carbocycles. The molecule has 1 atom stereocenters. The Morgan fingerprint density at radius 3 is 2.55 bits per heavy atom. The first kappa shape index (κ1) is 15.7. The van der Waals surface area contributed by atoms with Crippen molar-refractivity contribution >= 4 is 17.8 Å². The molecule has 0 saturated heterocycles. The molecule has 1 aromatic heterocycles. The Bertz CT molecular complexity index is 493. The first-order chi connectivity index (χ1) is 9.45. The predicted molar refractivity (Wildman–Crippen MR) is 68.4 cm³/mol. The lowest BCUT2D eigenvalue weighted by molar-refractivity contribution is -0.147. The lowest BCUT2D eigenvalue weighted by Gasteiger charge is -2.10. The number of furan rings is 1. The van der Waals surface area contributed by atoms with Crippen LogP contribution in [0.4, 0.5) is 0 Å². The molecular weight excluding hydrogens is 266 g/mol. The lowest BCUT2D eigenvalue weighted by atomic mass is 10.1. The average molecular weight is 283 g/mol. The molecule has 2 N–H and O–H groups in total. The van der Waals surface area contributed by atoms with Gasteiger partial charge in [0.25, 0.3) is 5.91 Å². The molecule has 0 radical (unpaired) electrons. The summed E-state index contributed by atoms with van der Waals surface area (Å²) in [5, 5.41) is 11.2. The first-order valence-electron chi connectivity index (χ1n) is 6.23. The predicted octanol–water partition coefficient (Wildman–Crippen LogP) is 1.30. The van der Waals surface area contributed by atoms with Crippen molar-refractivity contribution in [2.24, 2.45) is 5.92 Å². The van der Waals surface area contributed by atoms with Gasteiger partial charge in [0.1, 0.15) is 0 Å². The third kappa shape index (κ3) is 4.42. The molecule has 1 heterocycles. The maximum absolute atomic E-state index is 11.6. The summed E-state index contributed by atoms with van der Waals surface area (Å²) in [6.07, 6.45) is 0.428. The summed E-state index contributed by atoms with van der Waals surface area (Å²) in [7, 11) is 0. The number of esters is 1. The molecule has 1 aromatic rings. The van der Waals surface area contributed by atoms with Crippen LogP contribution >= 0.6 is 0 Å². The molecule has 0 aliphatic heterocycles. The molecule has 0 fully saturated rings. The van der Waals surface area contributed by atoms with Gasteiger partial charge in [-0.1, -0.05) is 6.92 Å². The van der Waals surface area contributed by atoms with Crippen molar-refractivity contribution in [3.63, 3.8) is 0 Å². The minimum Gasteiger partial charge on any atom is -0.475 e. The Morgan fingerprint density at radius 2 is 2.00 bits per heavy atom. The quantitative estimate of drug-likeness (QED) is 0.730. The smallest absolute Gasteiger partial charge is 0.371 e. The Morgan fingerprint density at radius 1 is 1.35 bits per heavy atom. The van der Waals surface area contributed by atoms with Crippen LogP contribution in [0.2, 0.25) is 0 Å². The van der Waals surface area contributed by atoms with Gasteiger partial charge in [0.15, 0.2) is 5.76 Å². The van der Waals surface area contributed by atoms with E-state index >= 15 is 0 Å². The van der Waals surface area contributed by atoms with Gasteiger partial charge in [0.05, 0.1) is 12.5 Å². The second kappa shape index (κ2) is 7.32. The van der Waals surface area contributed by atoms with E-state index in [1.807, 2.05) is 0 Å². The highest BCUT2D eigenvalue weighted by Crippen LogP contribution is 2.08. The zero-order valence-corrected chi connectivity index (χ0v) is 11.3. The van der Waals surface area contributed by atoms with Crippen LogP contribution in [0.15, 0.2) is 16.5 Å². The Balaban J connectivity index is 2.39. The second-order valence-corrected chi connectivity index (χ2v) is 4.17. The summed E-state index contributed by atoms with van der Waals surface area (Å²) in [6.45, 7) is 4.02. The summed E-state index contributed by atoms with van der Waals surface area (Å²) in [6, 6.07) is 2.49. The molecule has 1 amide bonds. The second-order valence-electron chi connectivity index (χ2n) is 4.17. The number of amides is 1. The molecular formula is C13H17NO6. The molecule has 7 heteroatoms. The standard InChI is InChI=1S/C13H17NO6/c1-3-19-13(18)8(2)6-7-14-11(15)9-4-5-10(20-9)12(16)17/h4-5,8H,3,6-7H2,1-2H3,(H,14,15)(H,16,17)/t8-/m1/s1. The highest BCUT2D eigenvalue weighted by molar-refractivity contribution is 5.93. The van der Waals surface area contributed by atoms with Crippen molar-refractivity contribution in [1.82, 2.24) is 5.32 Å². The number of ether oxygens (including phenoxy) is 1. The first-order valence-corrected chi connectivity index (χ1v) is 6.23. The highest BCUT2D eigenvalue weighted by Gasteiger charge is 2.16. The van der Waals surface area contributed by atoms with Gasteiger partial charge < -0.3 is 19.6 Å². The summed E-state index contributed by atoms with van der Waals surface area (Å²) in [5.74, 6) is -2.76. The van der Waals surface area contributed by atoms with E-state index in [1.165, 1.54) is 12.1 Å². The fourth-order valence-electron chi connectivity index (χ4n) is 1.47. The maximum atomic E-state index is 11.6. The van der Waals surface area contributed by atoms with Crippen molar-refractivity contribution in [2.75, 3.05) is 13.2 Å². The zero-order valence-electron chi connectivity index (χ0n) is 11.3. The van der Waals surface area contributed by atoms with E-state index in [4.69, 9.17) is 14.3 Å². The average Bonchev–Trinajstić information content (AvgIpc) is 2.88. The molecule has 1 rings (SSSR count). The van der Waals surface area contributed by atoms with Crippen molar-refractivity contribution in [3.05, 3.63) is 23.7 Å². The number of aromatic carboxylic acids is 1. The van der Waals surface area contributed by atoms with Gasteiger partial charge in [-0.3, -0.25) is 9.59 Å². The number of carboxylic acids is 1. The largest absolute Gasteiger partial charge is 0.475 e. The topological polar surface area (TPSA) is 106 Å². The zero-order chi connectivity index (χ0) is 15.1. The van der Waals surface area contributed by atoms with E-state index in [0.29, 0.717) is 13.0 Å². The van der Waals surface area contributed by atoms with Gasteiger partial charge in [0.2, 0.25) is 5.76 Å². The van der Waals surface area contributed by atoms with E-state index in [1.54, 1.807) is 13.8 Å². The number of nitrogens with one attached hydrogen (secondary N) is 1. The monoisotopic (exact) mass is 283 g/mol. The van der Waals surface area contributed by atoms with E-state index in [2.05, 4.69) is 5.32 Å². The number of hydrogen-bond acceptors (Lipinski definition) is 5. The third-order valence-corrected chi connectivity index (χ3v) is 2.59. The van der Waals surface area contributed by atoms with Crippen LogP contribution in [0.5, 0.6) is 0 Å². The van der Waals surface area contributed by atoms with E-state index in [9.17, 15) is 14.4 Å². The Hall–Kier alpha value is -2.31. The number of carbonyl (C=O) groups is 3. The molecule has 0 aromatic carbocycles. The molecule has 20 heavy (non-hydrogen) atoms. The van der Waals surface area contributed by atoms with Gasteiger partial charge in [0, 0.05) is 6.54 Å². The van der Waals surface area contributed by atoms with Crippen LogP contribution in [0.25, 0.3) is 0 Å². The summed E-state index contributed by atoms with van der Waals surface area (Å²) >= 11 is 0. The van der Waals surface area contributed by atoms with Gasteiger partial charge in [-0.15, -0.1) is 0 Å². The number of rotatable bonds is 7. The lowest BCUT2D eigenvalue weighted by Crippen LogP contribution is -2.27. The van der Waals surface area contributed by atoms with Gasteiger partial charge in [-0.2, -0.15) is 0 Å². The number of carboxylic acid groups (broad SMARTS) is 1. The molecule has 0 spiro atoms. The molecule has 0 aliphatic rings. The summed E-state index contributed by atoms with van der Waals surface area (Å²) < 4.78 is 9.69. The van der Waals surface area contributed by atoms with Crippen LogP contribution in [-0.2, 0) is 9.53 Å². The molecule has 0 bridgehead atoms. The van der Waals surface area contributed by atoms with Crippen molar-refractivity contribution < 1.29 is 28.6 Å². The van der Waals surface area contributed by atoms with E-state index in [0.717, 1.165) is 0 Å². The summed E-state index contributed by atoms with van der Waals surface area (Å²) in [5.41, 5.74) is 0. The van der Waals surface area contributed by atoms with Crippen LogP contribution < -0.4 is 5.32 Å². The normalized spacial score (nSPS) is 11.7. The van der Waals surface area contributed by atoms with Crippen LogP contribution in [0, 0.1) is 5.92 Å². The fraction of sp³-hybridized carbons (Fsp3) is 0.462. The van der Waals surface area contributed by atoms with E-state index in [-0.39, 0.29) is 30.0 Å². The Labute approximate surface area is 115 Å². The SMILES string of the molecule is CCOC(=O)[C@H](C)CCNC(=O)c1ccc(C(=O)O)o1.